The summed E-state index contributed by atoms with van der Waals surface area (Å²) in [4.78, 5) is 8.28. The van der Waals surface area contributed by atoms with Crippen LogP contribution in [0.15, 0.2) is 17.4 Å². The molecule has 82 valence electrons. The van der Waals surface area contributed by atoms with E-state index in [1.54, 1.807) is 6.20 Å². The van der Waals surface area contributed by atoms with E-state index in [1.165, 1.54) is 0 Å². The van der Waals surface area contributed by atoms with Crippen molar-refractivity contribution in [2.75, 3.05) is 13.1 Å². The lowest BCUT2D eigenvalue weighted by molar-refractivity contribution is 0.517. The van der Waals surface area contributed by atoms with Gasteiger partial charge in [-0.2, -0.15) is 0 Å². The molecule has 1 aliphatic rings. The molecule has 1 aromatic rings. The lowest BCUT2D eigenvalue weighted by Crippen LogP contribution is -2.36. The van der Waals surface area contributed by atoms with Crippen LogP contribution in [0.3, 0.4) is 0 Å². The average Bonchev–Trinajstić information content (AvgIpc) is 2.29. The van der Waals surface area contributed by atoms with Gasteiger partial charge in [0.15, 0.2) is 0 Å². The molecule has 0 aliphatic carbocycles. The highest BCUT2D eigenvalue weighted by Gasteiger charge is 2.22. The molecule has 2 rings (SSSR count). The van der Waals surface area contributed by atoms with Gasteiger partial charge in [0.1, 0.15) is 0 Å². The molecular formula is C10H15N3OS. The molecule has 0 saturated carbocycles. The van der Waals surface area contributed by atoms with Gasteiger partial charge in [-0.1, -0.05) is 0 Å². The molecule has 2 unspecified atom stereocenters. The SMILES string of the molecule is Cc1ccnc(S(=O)C2CCCNC2)n1. The maximum atomic E-state index is 12.1. The molecule has 1 saturated heterocycles. The summed E-state index contributed by atoms with van der Waals surface area (Å²) in [6.07, 6.45) is 3.75. The Labute approximate surface area is 92.0 Å². The number of piperidine rings is 1. The Bertz CT molecular complexity index is 363. The lowest BCUT2D eigenvalue weighted by Gasteiger charge is -2.21. The maximum Gasteiger partial charge on any atom is 0.218 e. The third-order valence-corrected chi connectivity index (χ3v) is 4.07. The molecular weight excluding hydrogens is 210 g/mol. The Morgan fingerprint density at radius 1 is 1.60 bits per heavy atom. The number of nitrogens with zero attached hydrogens (tertiary/aromatic N) is 2. The van der Waals surface area contributed by atoms with E-state index < -0.39 is 10.8 Å². The second-order valence-electron chi connectivity index (χ2n) is 3.75. The van der Waals surface area contributed by atoms with Gasteiger partial charge >= 0.3 is 0 Å². The van der Waals surface area contributed by atoms with Gasteiger partial charge in [-0.25, -0.2) is 9.97 Å². The monoisotopic (exact) mass is 225 g/mol. The van der Waals surface area contributed by atoms with Gasteiger partial charge in [0.25, 0.3) is 0 Å². The number of aromatic nitrogens is 2. The van der Waals surface area contributed by atoms with Gasteiger partial charge in [-0.3, -0.25) is 4.21 Å². The van der Waals surface area contributed by atoms with Crippen molar-refractivity contribution in [3.63, 3.8) is 0 Å². The first kappa shape index (κ1) is 10.7. The summed E-state index contributed by atoms with van der Waals surface area (Å²) in [5, 5.41) is 3.89. The minimum atomic E-state index is -1.06. The van der Waals surface area contributed by atoms with Crippen LogP contribution >= 0.6 is 0 Å². The van der Waals surface area contributed by atoms with Crippen LogP contribution in [0.25, 0.3) is 0 Å². The number of hydrogen-bond donors (Lipinski definition) is 1. The number of aryl methyl sites for hydroxylation is 1. The van der Waals surface area contributed by atoms with Crippen molar-refractivity contribution in [2.45, 2.75) is 30.2 Å². The molecule has 1 N–H and O–H groups in total. The fraction of sp³-hybridized carbons (Fsp3) is 0.600. The molecule has 1 aromatic heterocycles. The van der Waals surface area contributed by atoms with Crippen molar-refractivity contribution >= 4 is 10.8 Å². The van der Waals surface area contributed by atoms with E-state index in [1.807, 2.05) is 13.0 Å². The van der Waals surface area contributed by atoms with Gasteiger partial charge < -0.3 is 5.32 Å². The van der Waals surface area contributed by atoms with Gasteiger partial charge in [0, 0.05) is 18.4 Å². The molecule has 0 aromatic carbocycles. The van der Waals surface area contributed by atoms with Gasteiger partial charge in [0.05, 0.1) is 16.0 Å². The minimum absolute atomic E-state index is 0.167. The Hall–Kier alpha value is -0.810. The third kappa shape index (κ3) is 2.60. The third-order valence-electron chi connectivity index (χ3n) is 2.51. The van der Waals surface area contributed by atoms with E-state index in [4.69, 9.17) is 0 Å². The number of nitrogens with one attached hydrogen (secondary N) is 1. The molecule has 0 radical (unpaired) electrons. The summed E-state index contributed by atoms with van der Waals surface area (Å²) in [5.74, 6) is 0. The molecule has 5 heteroatoms. The van der Waals surface area contributed by atoms with E-state index in [-0.39, 0.29) is 5.25 Å². The fourth-order valence-corrected chi connectivity index (χ4v) is 3.02. The highest BCUT2D eigenvalue weighted by atomic mass is 32.2. The second kappa shape index (κ2) is 4.81. The molecule has 2 atom stereocenters. The van der Waals surface area contributed by atoms with Crippen LogP contribution in [-0.4, -0.2) is 32.5 Å². The Morgan fingerprint density at radius 2 is 2.47 bits per heavy atom. The van der Waals surface area contributed by atoms with Crippen LogP contribution < -0.4 is 5.32 Å². The molecule has 0 bridgehead atoms. The number of rotatable bonds is 2. The van der Waals surface area contributed by atoms with Crippen LogP contribution in [-0.2, 0) is 10.8 Å². The largest absolute Gasteiger partial charge is 0.316 e. The zero-order chi connectivity index (χ0) is 10.7. The van der Waals surface area contributed by atoms with Crippen LogP contribution in [0.2, 0.25) is 0 Å². The van der Waals surface area contributed by atoms with Gasteiger partial charge in [-0.15, -0.1) is 0 Å². The summed E-state index contributed by atoms with van der Waals surface area (Å²) < 4.78 is 12.1. The number of hydrogen-bond acceptors (Lipinski definition) is 4. The van der Waals surface area contributed by atoms with Crippen molar-refractivity contribution < 1.29 is 4.21 Å². The van der Waals surface area contributed by atoms with Gasteiger partial charge in [-0.05, 0) is 32.4 Å². The zero-order valence-corrected chi connectivity index (χ0v) is 9.59. The van der Waals surface area contributed by atoms with E-state index in [2.05, 4.69) is 15.3 Å². The summed E-state index contributed by atoms with van der Waals surface area (Å²) in [7, 11) is -1.06. The topological polar surface area (TPSA) is 54.9 Å². The lowest BCUT2D eigenvalue weighted by atomic mass is 10.2. The van der Waals surface area contributed by atoms with Crippen LogP contribution in [0.1, 0.15) is 18.5 Å². The molecule has 1 fully saturated rings. The summed E-state index contributed by atoms with van der Waals surface area (Å²) in [6, 6.07) is 1.82. The van der Waals surface area contributed by atoms with E-state index in [9.17, 15) is 4.21 Å². The molecule has 0 spiro atoms. The fourth-order valence-electron chi connectivity index (χ4n) is 1.67. The van der Waals surface area contributed by atoms with Crippen molar-refractivity contribution in [3.05, 3.63) is 18.0 Å². The second-order valence-corrected chi connectivity index (χ2v) is 5.37. The molecule has 2 heterocycles. The van der Waals surface area contributed by atoms with Crippen LogP contribution in [0.5, 0.6) is 0 Å². The quantitative estimate of drug-likeness (QED) is 0.751. The van der Waals surface area contributed by atoms with Crippen molar-refractivity contribution in [1.29, 1.82) is 0 Å². The van der Waals surface area contributed by atoms with Gasteiger partial charge in [0.2, 0.25) is 5.16 Å². The predicted octanol–water partition coefficient (Wildman–Crippen LogP) is 0.645. The van der Waals surface area contributed by atoms with E-state index in [0.29, 0.717) is 5.16 Å². The molecule has 1 aliphatic heterocycles. The Balaban J connectivity index is 2.12. The van der Waals surface area contributed by atoms with E-state index in [0.717, 1.165) is 31.6 Å². The van der Waals surface area contributed by atoms with Crippen LogP contribution in [0.4, 0.5) is 0 Å². The average molecular weight is 225 g/mol. The summed E-state index contributed by atoms with van der Waals surface area (Å²) >= 11 is 0. The highest BCUT2D eigenvalue weighted by molar-refractivity contribution is 7.85. The van der Waals surface area contributed by atoms with Crippen molar-refractivity contribution in [2.24, 2.45) is 0 Å². The smallest absolute Gasteiger partial charge is 0.218 e. The Kier molecular flexibility index (Phi) is 3.43. The highest BCUT2D eigenvalue weighted by Crippen LogP contribution is 2.13. The first-order valence-corrected chi connectivity index (χ1v) is 6.39. The molecule has 0 amide bonds. The van der Waals surface area contributed by atoms with Crippen molar-refractivity contribution in [1.82, 2.24) is 15.3 Å². The normalized spacial score (nSPS) is 23.7. The van der Waals surface area contributed by atoms with Crippen molar-refractivity contribution in [3.8, 4) is 0 Å². The zero-order valence-electron chi connectivity index (χ0n) is 8.77. The minimum Gasteiger partial charge on any atom is -0.316 e. The summed E-state index contributed by atoms with van der Waals surface area (Å²) in [5.41, 5.74) is 0.872. The van der Waals surface area contributed by atoms with E-state index >= 15 is 0 Å². The predicted molar refractivity (Wildman–Crippen MR) is 59.1 cm³/mol. The maximum absolute atomic E-state index is 12.1. The first-order chi connectivity index (χ1) is 7.27. The standard InChI is InChI=1S/C10H15N3OS/c1-8-4-6-12-10(13-8)15(14)9-3-2-5-11-7-9/h4,6,9,11H,2-3,5,7H2,1H3. The first-order valence-electron chi connectivity index (χ1n) is 5.18. The Morgan fingerprint density at radius 3 is 3.13 bits per heavy atom. The summed E-state index contributed by atoms with van der Waals surface area (Å²) in [6.45, 7) is 3.73. The van der Waals surface area contributed by atoms with Crippen LogP contribution in [0, 0.1) is 6.92 Å². The molecule has 15 heavy (non-hydrogen) atoms. The molecule has 4 nitrogen and oxygen atoms in total.